The Kier molecular flexibility index (Phi) is 6.32. The summed E-state index contributed by atoms with van der Waals surface area (Å²) in [6, 6.07) is 14.4. The minimum Gasteiger partial charge on any atom is -0.433 e. The lowest BCUT2D eigenvalue weighted by Crippen LogP contribution is -2.46. The third-order valence-corrected chi connectivity index (χ3v) is 4.52. The topological polar surface area (TPSA) is 15.7 Å². The first-order chi connectivity index (χ1) is 12.6. The number of ether oxygens (including phenoxy) is 1. The van der Waals surface area contributed by atoms with Crippen LogP contribution < -0.4 is 9.64 Å². The summed E-state index contributed by atoms with van der Waals surface area (Å²) >= 11 is 6.10. The van der Waals surface area contributed by atoms with E-state index in [1.807, 2.05) is 36.4 Å². The predicted octanol–water partition coefficient (Wildman–Crippen LogP) is 4.12. The number of hydrogen-bond acceptors (Lipinski definition) is 3. The van der Waals surface area contributed by atoms with Crippen LogP contribution in [-0.4, -0.2) is 44.2 Å². The predicted molar refractivity (Wildman–Crippen MR) is 100 cm³/mol. The molecule has 0 atom stereocenters. The molecule has 1 aliphatic heterocycles. The summed E-state index contributed by atoms with van der Waals surface area (Å²) in [4.78, 5) is 4.30. The standard InChI is InChI=1S/C20H19ClF2N2O/c21-17-8-2-1-6-16(17)7-5-11-24-12-14-25(15-13-24)18-9-3-4-10-19(18)26-20(22)23/h1-4,6,8-10,20H,11-15H2. The van der Waals surface area contributed by atoms with E-state index in [0.29, 0.717) is 17.3 Å². The molecule has 0 aliphatic carbocycles. The Morgan fingerprint density at radius 1 is 1.00 bits per heavy atom. The molecule has 6 heteroatoms. The van der Waals surface area contributed by atoms with Gasteiger partial charge in [-0.2, -0.15) is 8.78 Å². The number of hydrogen-bond donors (Lipinski definition) is 0. The van der Waals surface area contributed by atoms with Gasteiger partial charge in [0, 0.05) is 31.7 Å². The molecule has 0 amide bonds. The maximum atomic E-state index is 12.6. The Morgan fingerprint density at radius 3 is 2.42 bits per heavy atom. The van der Waals surface area contributed by atoms with E-state index in [1.54, 1.807) is 12.1 Å². The number of benzene rings is 2. The lowest BCUT2D eigenvalue weighted by Gasteiger charge is -2.35. The molecule has 0 N–H and O–H groups in total. The van der Waals surface area contributed by atoms with Crippen molar-refractivity contribution >= 4 is 17.3 Å². The summed E-state index contributed by atoms with van der Waals surface area (Å²) in [5.74, 6) is 6.46. The van der Waals surface area contributed by atoms with Gasteiger partial charge in [0.25, 0.3) is 0 Å². The first-order valence-corrected chi connectivity index (χ1v) is 8.76. The molecule has 0 unspecified atom stereocenters. The van der Waals surface area contributed by atoms with Gasteiger partial charge in [-0.15, -0.1) is 0 Å². The molecule has 0 saturated carbocycles. The fourth-order valence-corrected chi connectivity index (χ4v) is 3.05. The van der Waals surface area contributed by atoms with Gasteiger partial charge in [-0.25, -0.2) is 0 Å². The van der Waals surface area contributed by atoms with Crippen LogP contribution in [0.5, 0.6) is 5.75 Å². The highest BCUT2D eigenvalue weighted by Gasteiger charge is 2.20. The Balaban J connectivity index is 1.56. The van der Waals surface area contributed by atoms with Gasteiger partial charge < -0.3 is 9.64 Å². The summed E-state index contributed by atoms with van der Waals surface area (Å²) < 4.78 is 29.8. The van der Waals surface area contributed by atoms with E-state index in [2.05, 4.69) is 26.4 Å². The zero-order valence-corrected chi connectivity index (χ0v) is 14.9. The Hall–Kier alpha value is -2.29. The number of piperazine rings is 1. The molecule has 136 valence electrons. The summed E-state index contributed by atoms with van der Waals surface area (Å²) in [6.45, 7) is 0.904. The highest BCUT2D eigenvalue weighted by molar-refractivity contribution is 6.31. The van der Waals surface area contributed by atoms with Crippen molar-refractivity contribution in [1.29, 1.82) is 0 Å². The van der Waals surface area contributed by atoms with Crippen molar-refractivity contribution in [3.8, 4) is 17.6 Å². The van der Waals surface area contributed by atoms with Crippen LogP contribution in [0.2, 0.25) is 5.02 Å². The molecule has 3 rings (SSSR count). The normalized spacial score (nSPS) is 14.8. The fourth-order valence-electron chi connectivity index (χ4n) is 2.87. The van der Waals surface area contributed by atoms with Crippen molar-refractivity contribution in [1.82, 2.24) is 4.90 Å². The summed E-state index contributed by atoms with van der Waals surface area (Å²) in [7, 11) is 0. The Labute approximate surface area is 157 Å². The molecular weight excluding hydrogens is 358 g/mol. The third-order valence-electron chi connectivity index (χ3n) is 4.19. The average Bonchev–Trinajstić information content (AvgIpc) is 2.64. The van der Waals surface area contributed by atoms with Crippen LogP contribution >= 0.6 is 11.6 Å². The monoisotopic (exact) mass is 376 g/mol. The number of alkyl halides is 2. The van der Waals surface area contributed by atoms with E-state index in [0.717, 1.165) is 31.7 Å². The summed E-state index contributed by atoms with van der Waals surface area (Å²) in [5, 5.41) is 0.653. The molecule has 1 fully saturated rings. The highest BCUT2D eigenvalue weighted by atomic mass is 35.5. The number of para-hydroxylation sites is 2. The van der Waals surface area contributed by atoms with Crippen molar-refractivity contribution < 1.29 is 13.5 Å². The maximum Gasteiger partial charge on any atom is 0.387 e. The highest BCUT2D eigenvalue weighted by Crippen LogP contribution is 2.30. The second kappa shape index (κ2) is 8.88. The third kappa shape index (κ3) is 4.87. The van der Waals surface area contributed by atoms with Crippen LogP contribution in [0, 0.1) is 11.8 Å². The molecule has 0 aromatic heterocycles. The molecule has 0 radical (unpaired) electrons. The van der Waals surface area contributed by atoms with Crippen LogP contribution in [0.4, 0.5) is 14.5 Å². The van der Waals surface area contributed by atoms with Gasteiger partial charge >= 0.3 is 6.61 Å². The molecule has 0 bridgehead atoms. The second-order valence-electron chi connectivity index (χ2n) is 5.89. The number of halogens is 3. The summed E-state index contributed by atoms with van der Waals surface area (Å²) in [6.07, 6.45) is 0. The number of rotatable bonds is 4. The van der Waals surface area contributed by atoms with E-state index in [4.69, 9.17) is 11.6 Å². The van der Waals surface area contributed by atoms with Crippen LogP contribution in [0.1, 0.15) is 5.56 Å². The Bertz CT molecular complexity index is 796. The molecule has 1 saturated heterocycles. The first-order valence-electron chi connectivity index (χ1n) is 8.38. The van der Waals surface area contributed by atoms with Crippen molar-refractivity contribution in [3.05, 3.63) is 59.1 Å². The lowest BCUT2D eigenvalue weighted by molar-refractivity contribution is -0.0495. The van der Waals surface area contributed by atoms with E-state index < -0.39 is 6.61 Å². The van der Waals surface area contributed by atoms with Crippen molar-refractivity contribution in [3.63, 3.8) is 0 Å². The Morgan fingerprint density at radius 2 is 1.69 bits per heavy atom. The lowest BCUT2D eigenvalue weighted by atomic mass is 10.2. The van der Waals surface area contributed by atoms with Crippen molar-refractivity contribution in [2.24, 2.45) is 0 Å². The quantitative estimate of drug-likeness (QED) is 0.747. The van der Waals surface area contributed by atoms with E-state index in [-0.39, 0.29) is 5.75 Å². The van der Waals surface area contributed by atoms with E-state index >= 15 is 0 Å². The number of anilines is 1. The molecule has 2 aromatic carbocycles. The van der Waals surface area contributed by atoms with E-state index in [1.165, 1.54) is 0 Å². The zero-order valence-electron chi connectivity index (χ0n) is 14.2. The van der Waals surface area contributed by atoms with E-state index in [9.17, 15) is 8.78 Å². The smallest absolute Gasteiger partial charge is 0.387 e. The van der Waals surface area contributed by atoms with Crippen molar-refractivity contribution in [2.75, 3.05) is 37.6 Å². The fraction of sp³-hybridized carbons (Fsp3) is 0.300. The van der Waals surface area contributed by atoms with Gasteiger partial charge in [0.15, 0.2) is 0 Å². The minimum atomic E-state index is -2.82. The first kappa shape index (κ1) is 18.5. The van der Waals surface area contributed by atoms with Gasteiger partial charge in [-0.05, 0) is 24.3 Å². The van der Waals surface area contributed by atoms with Crippen LogP contribution in [0.15, 0.2) is 48.5 Å². The SMILES string of the molecule is FC(F)Oc1ccccc1N1CCN(CC#Cc2ccccc2Cl)CC1. The maximum absolute atomic E-state index is 12.6. The average molecular weight is 377 g/mol. The van der Waals surface area contributed by atoms with Crippen LogP contribution in [-0.2, 0) is 0 Å². The summed E-state index contributed by atoms with van der Waals surface area (Å²) in [5.41, 5.74) is 1.53. The molecule has 1 aliphatic rings. The molecule has 0 spiro atoms. The molecule has 1 heterocycles. The molecule has 3 nitrogen and oxygen atoms in total. The molecule has 2 aromatic rings. The number of nitrogens with zero attached hydrogens (tertiary/aromatic N) is 2. The van der Waals surface area contributed by atoms with Gasteiger partial charge in [0.2, 0.25) is 0 Å². The van der Waals surface area contributed by atoms with Gasteiger partial charge in [-0.3, -0.25) is 4.90 Å². The van der Waals surface area contributed by atoms with Gasteiger partial charge in [0.1, 0.15) is 5.75 Å². The minimum absolute atomic E-state index is 0.217. The largest absolute Gasteiger partial charge is 0.433 e. The molecule has 26 heavy (non-hydrogen) atoms. The van der Waals surface area contributed by atoms with Gasteiger partial charge in [-0.1, -0.05) is 47.7 Å². The molecular formula is C20H19ClF2N2O. The second-order valence-corrected chi connectivity index (χ2v) is 6.30. The van der Waals surface area contributed by atoms with Crippen LogP contribution in [0.3, 0.4) is 0 Å². The zero-order chi connectivity index (χ0) is 18.4. The van der Waals surface area contributed by atoms with Gasteiger partial charge in [0.05, 0.1) is 17.3 Å². The van der Waals surface area contributed by atoms with Crippen LogP contribution in [0.25, 0.3) is 0 Å². The van der Waals surface area contributed by atoms with Crippen molar-refractivity contribution in [2.45, 2.75) is 6.61 Å².